The van der Waals surface area contributed by atoms with Gasteiger partial charge in [0.1, 0.15) is 11.4 Å². The molecular formula is C22H22ClN5O2. The maximum Gasteiger partial charge on any atom is 0.263 e. The number of nitrogens with zero attached hydrogens (tertiary/aromatic N) is 5. The summed E-state index contributed by atoms with van der Waals surface area (Å²) in [6.45, 7) is 4.34. The molecule has 0 N–H and O–H groups in total. The van der Waals surface area contributed by atoms with E-state index in [0.717, 1.165) is 17.2 Å². The number of hydrogen-bond donors (Lipinski definition) is 0. The summed E-state index contributed by atoms with van der Waals surface area (Å²) >= 11 is 5.98. The van der Waals surface area contributed by atoms with Crippen molar-refractivity contribution >= 4 is 23.3 Å². The molecule has 1 fully saturated rings. The molecular weight excluding hydrogens is 402 g/mol. The molecule has 1 atom stereocenters. The predicted molar refractivity (Wildman–Crippen MR) is 116 cm³/mol. The number of carbonyl (C=O) groups is 1. The largest absolute Gasteiger partial charge is 0.481 e. The van der Waals surface area contributed by atoms with Crippen molar-refractivity contribution in [3.05, 3.63) is 65.8 Å². The number of pyridine rings is 1. The molecule has 154 valence electrons. The highest BCUT2D eigenvalue weighted by atomic mass is 35.5. The summed E-state index contributed by atoms with van der Waals surface area (Å²) in [5, 5.41) is 9.22. The number of halogens is 1. The van der Waals surface area contributed by atoms with Crippen LogP contribution in [0.15, 0.2) is 60.8 Å². The molecule has 1 aliphatic rings. The van der Waals surface area contributed by atoms with Gasteiger partial charge in [-0.1, -0.05) is 23.7 Å². The van der Waals surface area contributed by atoms with E-state index in [4.69, 9.17) is 16.3 Å². The van der Waals surface area contributed by atoms with Crippen molar-refractivity contribution in [3.63, 3.8) is 0 Å². The Hall–Kier alpha value is -3.19. The Morgan fingerprint density at radius 3 is 2.50 bits per heavy atom. The van der Waals surface area contributed by atoms with Crippen LogP contribution < -0.4 is 9.64 Å². The molecule has 0 aliphatic carbocycles. The lowest BCUT2D eigenvalue weighted by Crippen LogP contribution is -2.52. The summed E-state index contributed by atoms with van der Waals surface area (Å²) in [5.74, 6) is 1.35. The fraction of sp³-hybridized carbons (Fsp3) is 0.273. The Bertz CT molecular complexity index is 992. The van der Waals surface area contributed by atoms with Gasteiger partial charge in [0.15, 0.2) is 11.9 Å². The molecule has 7 nitrogen and oxygen atoms in total. The molecule has 4 rings (SSSR count). The first-order chi connectivity index (χ1) is 14.6. The molecule has 3 aromatic rings. The van der Waals surface area contributed by atoms with Crippen LogP contribution in [0.4, 0.5) is 5.82 Å². The van der Waals surface area contributed by atoms with E-state index in [1.807, 2.05) is 35.2 Å². The van der Waals surface area contributed by atoms with Gasteiger partial charge in [-0.25, -0.2) is 0 Å². The van der Waals surface area contributed by atoms with E-state index in [1.54, 1.807) is 37.4 Å². The standard InChI is InChI=1S/C22H22ClN5O2/c1-16(30-18-6-4-5-17(23)15-18)22(29)28-13-11-27(12-14-28)21-9-8-20(25-26-21)19-7-2-3-10-24-19/h2-10,15-16H,11-14H2,1H3. The van der Waals surface area contributed by atoms with Crippen LogP contribution >= 0.6 is 11.6 Å². The smallest absolute Gasteiger partial charge is 0.263 e. The summed E-state index contributed by atoms with van der Waals surface area (Å²) in [6.07, 6.45) is 1.16. The van der Waals surface area contributed by atoms with Gasteiger partial charge in [-0.05, 0) is 49.4 Å². The van der Waals surface area contributed by atoms with Gasteiger partial charge in [0, 0.05) is 37.4 Å². The van der Waals surface area contributed by atoms with Gasteiger partial charge in [-0.15, -0.1) is 10.2 Å². The fourth-order valence-electron chi connectivity index (χ4n) is 3.35. The number of anilines is 1. The van der Waals surface area contributed by atoms with Crippen LogP contribution in [-0.2, 0) is 4.79 Å². The van der Waals surface area contributed by atoms with Crippen LogP contribution in [0.2, 0.25) is 5.02 Å². The van der Waals surface area contributed by atoms with Crippen LogP contribution in [0.25, 0.3) is 11.4 Å². The summed E-state index contributed by atoms with van der Waals surface area (Å²) in [6, 6.07) is 16.6. The molecule has 1 aliphatic heterocycles. The van der Waals surface area contributed by atoms with Crippen molar-refractivity contribution in [1.29, 1.82) is 0 Å². The van der Waals surface area contributed by atoms with Crippen LogP contribution in [0.5, 0.6) is 5.75 Å². The molecule has 0 saturated carbocycles. The molecule has 1 unspecified atom stereocenters. The van der Waals surface area contributed by atoms with Crippen molar-refractivity contribution in [2.45, 2.75) is 13.0 Å². The summed E-state index contributed by atoms with van der Waals surface area (Å²) in [4.78, 5) is 21.0. The maximum atomic E-state index is 12.7. The Kier molecular flexibility index (Phi) is 6.09. The molecule has 0 bridgehead atoms. The highest BCUT2D eigenvalue weighted by Gasteiger charge is 2.26. The first-order valence-corrected chi connectivity index (χ1v) is 10.2. The predicted octanol–water partition coefficient (Wildman–Crippen LogP) is 3.31. The molecule has 1 amide bonds. The lowest BCUT2D eigenvalue weighted by molar-refractivity contribution is -0.138. The van der Waals surface area contributed by atoms with Crippen molar-refractivity contribution in [2.75, 3.05) is 31.1 Å². The van der Waals surface area contributed by atoms with E-state index in [1.165, 1.54) is 0 Å². The second kappa shape index (κ2) is 9.09. The minimum Gasteiger partial charge on any atom is -0.481 e. The van der Waals surface area contributed by atoms with E-state index >= 15 is 0 Å². The van der Waals surface area contributed by atoms with Crippen LogP contribution in [0.1, 0.15) is 6.92 Å². The molecule has 3 heterocycles. The number of benzene rings is 1. The number of rotatable bonds is 5. The minimum atomic E-state index is -0.576. The first kappa shape index (κ1) is 20.1. The van der Waals surface area contributed by atoms with Crippen molar-refractivity contribution in [3.8, 4) is 17.1 Å². The Labute approximate surface area is 180 Å². The van der Waals surface area contributed by atoms with Crippen molar-refractivity contribution < 1.29 is 9.53 Å². The second-order valence-corrected chi connectivity index (χ2v) is 7.46. The average Bonchev–Trinajstić information content (AvgIpc) is 2.79. The lowest BCUT2D eigenvalue weighted by Gasteiger charge is -2.36. The van der Waals surface area contributed by atoms with Gasteiger partial charge in [-0.2, -0.15) is 0 Å². The zero-order chi connectivity index (χ0) is 20.9. The molecule has 1 aromatic carbocycles. The number of hydrogen-bond acceptors (Lipinski definition) is 6. The Morgan fingerprint density at radius 1 is 1.00 bits per heavy atom. The van der Waals surface area contributed by atoms with Gasteiger partial charge in [0.05, 0.1) is 5.69 Å². The normalized spacial score (nSPS) is 15.0. The lowest BCUT2D eigenvalue weighted by atomic mass is 10.2. The number of carbonyl (C=O) groups excluding carboxylic acids is 1. The quantitative estimate of drug-likeness (QED) is 0.627. The van der Waals surface area contributed by atoms with Crippen LogP contribution in [0, 0.1) is 0 Å². The third kappa shape index (κ3) is 4.68. The molecule has 1 saturated heterocycles. The zero-order valence-corrected chi connectivity index (χ0v) is 17.4. The van der Waals surface area contributed by atoms with Crippen LogP contribution in [-0.4, -0.2) is 58.3 Å². The average molecular weight is 424 g/mol. The minimum absolute atomic E-state index is 0.0359. The summed E-state index contributed by atoms with van der Waals surface area (Å²) < 4.78 is 5.76. The van der Waals surface area contributed by atoms with E-state index in [9.17, 15) is 4.79 Å². The highest BCUT2D eigenvalue weighted by Crippen LogP contribution is 2.20. The number of piperazine rings is 1. The van der Waals surface area contributed by atoms with E-state index in [0.29, 0.717) is 37.0 Å². The maximum absolute atomic E-state index is 12.7. The number of ether oxygens (including phenoxy) is 1. The van der Waals surface area contributed by atoms with Gasteiger partial charge < -0.3 is 14.5 Å². The van der Waals surface area contributed by atoms with E-state index in [-0.39, 0.29) is 5.91 Å². The Balaban J connectivity index is 1.32. The molecule has 30 heavy (non-hydrogen) atoms. The first-order valence-electron chi connectivity index (χ1n) is 9.81. The van der Waals surface area contributed by atoms with Gasteiger partial charge in [-0.3, -0.25) is 9.78 Å². The summed E-state index contributed by atoms with van der Waals surface area (Å²) in [7, 11) is 0. The van der Waals surface area contributed by atoms with Gasteiger partial charge in [0.2, 0.25) is 0 Å². The van der Waals surface area contributed by atoms with Crippen molar-refractivity contribution in [2.24, 2.45) is 0 Å². The topological polar surface area (TPSA) is 71.5 Å². The number of aromatic nitrogens is 3. The van der Waals surface area contributed by atoms with E-state index in [2.05, 4.69) is 20.1 Å². The van der Waals surface area contributed by atoms with Crippen molar-refractivity contribution in [1.82, 2.24) is 20.1 Å². The molecule has 0 radical (unpaired) electrons. The molecule has 0 spiro atoms. The highest BCUT2D eigenvalue weighted by molar-refractivity contribution is 6.30. The fourth-order valence-corrected chi connectivity index (χ4v) is 3.53. The van der Waals surface area contributed by atoms with E-state index < -0.39 is 6.10 Å². The zero-order valence-electron chi connectivity index (χ0n) is 16.6. The SMILES string of the molecule is CC(Oc1cccc(Cl)c1)C(=O)N1CCN(c2ccc(-c3ccccn3)nn2)CC1. The Morgan fingerprint density at radius 2 is 1.83 bits per heavy atom. The third-order valence-corrected chi connectivity index (χ3v) is 5.18. The summed E-state index contributed by atoms with van der Waals surface area (Å²) in [5.41, 5.74) is 1.53. The third-order valence-electron chi connectivity index (χ3n) is 4.95. The van der Waals surface area contributed by atoms with Crippen LogP contribution in [0.3, 0.4) is 0 Å². The molecule has 2 aromatic heterocycles. The van der Waals surface area contributed by atoms with Gasteiger partial charge in [0.25, 0.3) is 5.91 Å². The van der Waals surface area contributed by atoms with Gasteiger partial charge >= 0.3 is 0 Å². The second-order valence-electron chi connectivity index (χ2n) is 7.02. The monoisotopic (exact) mass is 423 g/mol. The molecule has 8 heteroatoms. The number of amides is 1.